The van der Waals surface area contributed by atoms with Crippen molar-refractivity contribution >= 4 is 17.6 Å². The number of hydrogen-bond donors (Lipinski definition) is 0. The summed E-state index contributed by atoms with van der Waals surface area (Å²) >= 11 is 5.58. The van der Waals surface area contributed by atoms with Crippen LogP contribution in [0.2, 0.25) is 0 Å². The van der Waals surface area contributed by atoms with Crippen LogP contribution in [0.5, 0.6) is 0 Å². The quantitative estimate of drug-likeness (QED) is 0.617. The predicted molar refractivity (Wildman–Crippen MR) is 63.8 cm³/mol. The molecule has 4 nitrogen and oxygen atoms in total. The number of nitriles is 1. The molecule has 19 heavy (non-hydrogen) atoms. The van der Waals surface area contributed by atoms with E-state index in [-0.39, 0.29) is 30.2 Å². The highest BCUT2D eigenvalue weighted by Gasteiger charge is 2.22. The summed E-state index contributed by atoms with van der Waals surface area (Å²) in [5, 5.41) is 8.84. The van der Waals surface area contributed by atoms with Gasteiger partial charge in [0, 0.05) is 0 Å². The van der Waals surface area contributed by atoms with E-state index in [0.717, 1.165) is 0 Å². The van der Waals surface area contributed by atoms with Crippen LogP contribution in [0, 0.1) is 11.3 Å². The summed E-state index contributed by atoms with van der Waals surface area (Å²) in [6, 6.07) is 2.89. The second kappa shape index (κ2) is 7.00. The lowest BCUT2D eigenvalue weighted by Crippen LogP contribution is -2.12. The summed E-state index contributed by atoms with van der Waals surface area (Å²) in [6.07, 6.45) is -3.23. The Balaban J connectivity index is 3.26. The molecule has 1 aromatic heterocycles. The second-order valence-corrected chi connectivity index (χ2v) is 3.83. The molecule has 0 spiro atoms. The molecule has 0 fully saturated rings. The molecule has 0 saturated carbocycles. The van der Waals surface area contributed by atoms with Crippen LogP contribution in [0.3, 0.4) is 0 Å². The zero-order valence-corrected chi connectivity index (χ0v) is 10.9. The predicted octanol–water partition coefficient (Wildman–Crippen LogP) is 2.74. The molecule has 1 aromatic rings. The minimum atomic E-state index is -2.89. The number of esters is 1. The van der Waals surface area contributed by atoms with Crippen molar-refractivity contribution in [1.29, 1.82) is 5.26 Å². The number of hydrogen-bond acceptors (Lipinski definition) is 4. The van der Waals surface area contributed by atoms with E-state index in [4.69, 9.17) is 21.6 Å². The maximum Gasteiger partial charge on any atom is 0.310 e. The maximum atomic E-state index is 13.0. The molecule has 0 saturated heterocycles. The van der Waals surface area contributed by atoms with Gasteiger partial charge in [-0.05, 0) is 18.6 Å². The fraction of sp³-hybridized carbons (Fsp3) is 0.417. The maximum absolute atomic E-state index is 13.0. The van der Waals surface area contributed by atoms with E-state index in [1.807, 2.05) is 0 Å². The van der Waals surface area contributed by atoms with Gasteiger partial charge in [0.05, 0.1) is 30.2 Å². The third-order valence-corrected chi connectivity index (χ3v) is 2.57. The molecule has 0 N–H and O–H groups in total. The lowest BCUT2D eigenvalue weighted by Gasteiger charge is -2.11. The van der Waals surface area contributed by atoms with Crippen molar-refractivity contribution in [3.8, 4) is 6.07 Å². The van der Waals surface area contributed by atoms with Crippen molar-refractivity contribution < 1.29 is 18.3 Å². The van der Waals surface area contributed by atoms with Gasteiger partial charge >= 0.3 is 5.97 Å². The molecule has 0 amide bonds. The molecule has 0 radical (unpaired) electrons. The summed E-state index contributed by atoms with van der Waals surface area (Å²) in [6.45, 7) is 1.77. The van der Waals surface area contributed by atoms with Gasteiger partial charge in [-0.15, -0.1) is 11.6 Å². The van der Waals surface area contributed by atoms with Crippen LogP contribution in [0.25, 0.3) is 0 Å². The standard InChI is InChI=1S/C12H11ClF2N2O2/c1-2-19-10(18)4-7-3-8(5-13)17-9(6-16)11(7)12(14)15/h3,12H,2,4-5H2,1H3. The van der Waals surface area contributed by atoms with E-state index in [1.165, 1.54) is 6.07 Å². The SMILES string of the molecule is CCOC(=O)Cc1cc(CCl)nc(C#N)c1C(F)F. The number of pyridine rings is 1. The highest BCUT2D eigenvalue weighted by molar-refractivity contribution is 6.16. The number of nitrogens with zero attached hydrogens (tertiary/aromatic N) is 2. The van der Waals surface area contributed by atoms with Gasteiger partial charge in [0.15, 0.2) is 0 Å². The van der Waals surface area contributed by atoms with Crippen molar-refractivity contribution in [2.75, 3.05) is 6.61 Å². The van der Waals surface area contributed by atoms with E-state index in [9.17, 15) is 13.6 Å². The number of ether oxygens (including phenoxy) is 1. The van der Waals surface area contributed by atoms with Gasteiger partial charge in [-0.1, -0.05) is 0 Å². The average Bonchev–Trinajstić information content (AvgIpc) is 2.37. The highest BCUT2D eigenvalue weighted by Crippen LogP contribution is 2.27. The fourth-order valence-electron chi connectivity index (χ4n) is 1.58. The molecular formula is C12H11ClF2N2O2. The van der Waals surface area contributed by atoms with Gasteiger partial charge < -0.3 is 4.74 Å². The summed E-state index contributed by atoms with van der Waals surface area (Å²) < 4.78 is 30.6. The van der Waals surface area contributed by atoms with Crippen LogP contribution >= 0.6 is 11.6 Å². The van der Waals surface area contributed by atoms with Crippen molar-refractivity contribution in [3.63, 3.8) is 0 Å². The Hall–Kier alpha value is -1.74. The Morgan fingerprint density at radius 1 is 1.63 bits per heavy atom. The van der Waals surface area contributed by atoms with E-state index in [2.05, 4.69) is 4.98 Å². The van der Waals surface area contributed by atoms with Crippen molar-refractivity contribution in [2.24, 2.45) is 0 Å². The number of rotatable bonds is 5. The van der Waals surface area contributed by atoms with E-state index >= 15 is 0 Å². The van der Waals surface area contributed by atoms with Gasteiger partial charge in [0.2, 0.25) is 0 Å². The summed E-state index contributed by atoms with van der Waals surface area (Å²) in [5.41, 5.74) is -0.658. The third kappa shape index (κ3) is 3.86. The topological polar surface area (TPSA) is 63.0 Å². The van der Waals surface area contributed by atoms with Gasteiger partial charge in [-0.25, -0.2) is 13.8 Å². The molecule has 7 heteroatoms. The number of carbonyl (C=O) groups is 1. The number of alkyl halides is 3. The highest BCUT2D eigenvalue weighted by atomic mass is 35.5. The normalized spacial score (nSPS) is 10.3. The molecule has 0 aliphatic heterocycles. The van der Waals surface area contributed by atoms with Crippen LogP contribution in [0.1, 0.15) is 35.9 Å². The minimum Gasteiger partial charge on any atom is -0.466 e. The summed E-state index contributed by atoms with van der Waals surface area (Å²) in [5.74, 6) is -0.673. The molecule has 0 aliphatic rings. The average molecular weight is 289 g/mol. The lowest BCUT2D eigenvalue weighted by atomic mass is 10.0. The Labute approximate surface area is 114 Å². The van der Waals surface area contributed by atoms with E-state index in [1.54, 1.807) is 13.0 Å². The molecule has 0 bridgehead atoms. The molecule has 102 valence electrons. The molecule has 0 atom stereocenters. The first kappa shape index (κ1) is 15.3. The first-order valence-electron chi connectivity index (χ1n) is 5.46. The largest absolute Gasteiger partial charge is 0.466 e. The molecule has 0 aliphatic carbocycles. The van der Waals surface area contributed by atoms with Crippen LogP contribution in [0.15, 0.2) is 6.07 Å². The smallest absolute Gasteiger partial charge is 0.310 e. The van der Waals surface area contributed by atoms with Gasteiger partial charge in [0.25, 0.3) is 6.43 Å². The minimum absolute atomic E-state index is 0.0238. The zero-order valence-electron chi connectivity index (χ0n) is 10.1. The van der Waals surface area contributed by atoms with Gasteiger partial charge in [0.1, 0.15) is 11.8 Å². The van der Waals surface area contributed by atoms with Gasteiger partial charge in [-0.2, -0.15) is 5.26 Å². The Bertz CT molecular complexity index is 515. The van der Waals surface area contributed by atoms with Crippen molar-refractivity contribution in [3.05, 3.63) is 28.6 Å². The number of halogens is 3. The molecule has 0 aromatic carbocycles. The van der Waals surface area contributed by atoms with E-state index < -0.39 is 23.7 Å². The van der Waals surface area contributed by atoms with Crippen molar-refractivity contribution in [1.82, 2.24) is 4.98 Å². The molecular weight excluding hydrogens is 278 g/mol. The van der Waals surface area contributed by atoms with Crippen LogP contribution < -0.4 is 0 Å². The Kier molecular flexibility index (Phi) is 5.64. The second-order valence-electron chi connectivity index (χ2n) is 3.56. The molecule has 1 heterocycles. The monoisotopic (exact) mass is 288 g/mol. The number of aromatic nitrogens is 1. The molecule has 0 unspecified atom stereocenters. The third-order valence-electron chi connectivity index (χ3n) is 2.30. The lowest BCUT2D eigenvalue weighted by molar-refractivity contribution is -0.142. The molecule has 1 rings (SSSR count). The zero-order chi connectivity index (χ0) is 14.4. The summed E-state index contributed by atoms with van der Waals surface area (Å²) in [4.78, 5) is 15.1. The fourth-order valence-corrected chi connectivity index (χ4v) is 1.71. The van der Waals surface area contributed by atoms with E-state index in [0.29, 0.717) is 0 Å². The number of carbonyl (C=O) groups excluding carboxylic acids is 1. The van der Waals surface area contributed by atoms with Gasteiger partial charge in [-0.3, -0.25) is 4.79 Å². The summed E-state index contributed by atoms with van der Waals surface area (Å²) in [7, 11) is 0. The first-order chi connectivity index (χ1) is 9.03. The van der Waals surface area contributed by atoms with Crippen LogP contribution in [-0.4, -0.2) is 17.6 Å². The Morgan fingerprint density at radius 3 is 2.79 bits per heavy atom. The van der Waals surface area contributed by atoms with Crippen LogP contribution in [-0.2, 0) is 21.8 Å². The van der Waals surface area contributed by atoms with Crippen molar-refractivity contribution in [2.45, 2.75) is 25.7 Å². The van der Waals surface area contributed by atoms with Crippen LogP contribution in [0.4, 0.5) is 8.78 Å². The Morgan fingerprint density at radius 2 is 2.32 bits per heavy atom. The first-order valence-corrected chi connectivity index (χ1v) is 5.99.